The lowest BCUT2D eigenvalue weighted by atomic mass is 10.3. The first-order valence-corrected chi connectivity index (χ1v) is 3.33. The maximum Gasteiger partial charge on any atom is 0.119 e. The molecule has 0 spiro atoms. The van der Waals surface area contributed by atoms with E-state index in [1.165, 1.54) is 0 Å². The van der Waals surface area contributed by atoms with Crippen LogP contribution in [0.2, 0.25) is 0 Å². The van der Waals surface area contributed by atoms with Crippen LogP contribution < -0.4 is 9.47 Å². The number of rotatable bonds is 2. The topological polar surface area (TPSA) is 35.5 Å². The molecule has 0 saturated heterocycles. The lowest BCUT2D eigenvalue weighted by Gasteiger charge is -2.00. The van der Waals surface area contributed by atoms with Gasteiger partial charge in [0.1, 0.15) is 18.3 Å². The molecule has 0 unspecified atom stereocenters. The van der Waals surface area contributed by atoms with Crippen molar-refractivity contribution in [2.45, 2.75) is 0 Å². The fourth-order valence-corrected chi connectivity index (χ4v) is 0.712. The molecule has 0 bridgehead atoms. The van der Waals surface area contributed by atoms with Gasteiger partial charge in [-0.15, -0.1) is 0 Å². The molecule has 0 fully saturated rings. The van der Waals surface area contributed by atoms with Gasteiger partial charge in [0.25, 0.3) is 0 Å². The van der Waals surface area contributed by atoms with E-state index in [0.717, 1.165) is 11.5 Å². The number of methoxy groups -OCH3 is 2. The second-order valence-corrected chi connectivity index (χ2v) is 1.88. The minimum atomic E-state index is 0.848. The van der Waals surface area contributed by atoms with Crippen molar-refractivity contribution in [3.05, 3.63) is 24.3 Å². The van der Waals surface area contributed by atoms with Gasteiger partial charge < -0.3 is 14.3 Å². The molecule has 0 amide bonds. The third-order valence-corrected chi connectivity index (χ3v) is 1.30. The summed E-state index contributed by atoms with van der Waals surface area (Å²) in [6, 6.07) is 7.44. The van der Waals surface area contributed by atoms with Crippen LogP contribution in [0.4, 0.5) is 0 Å². The smallest absolute Gasteiger partial charge is 0.119 e. The number of carbonyl (C=O) groups excluding carboxylic acids is 1. The molecule has 0 heterocycles. The molecule has 0 saturated carbocycles. The van der Waals surface area contributed by atoms with Crippen molar-refractivity contribution < 1.29 is 14.3 Å². The van der Waals surface area contributed by atoms with Crippen molar-refractivity contribution in [2.75, 3.05) is 14.2 Å². The third kappa shape index (κ3) is 3.05. The first-order chi connectivity index (χ1) is 5.86. The van der Waals surface area contributed by atoms with Crippen LogP contribution in [0.3, 0.4) is 0 Å². The summed E-state index contributed by atoms with van der Waals surface area (Å²) < 4.78 is 9.92. The van der Waals surface area contributed by atoms with E-state index in [1.807, 2.05) is 31.1 Å². The van der Waals surface area contributed by atoms with Crippen molar-refractivity contribution in [3.63, 3.8) is 0 Å². The van der Waals surface area contributed by atoms with Gasteiger partial charge in [-0.2, -0.15) is 0 Å². The van der Waals surface area contributed by atoms with Crippen molar-refractivity contribution in [1.29, 1.82) is 0 Å². The van der Waals surface area contributed by atoms with Crippen molar-refractivity contribution in [1.82, 2.24) is 0 Å². The Kier molecular flexibility index (Phi) is 5.43. The SMILES string of the molecule is C=O.COc1ccc(OC)cc1. The van der Waals surface area contributed by atoms with E-state index in [4.69, 9.17) is 14.3 Å². The van der Waals surface area contributed by atoms with Crippen LogP contribution in [0.5, 0.6) is 11.5 Å². The first kappa shape index (κ1) is 10.5. The molecule has 0 aliphatic rings. The van der Waals surface area contributed by atoms with Gasteiger partial charge in [0, 0.05) is 0 Å². The molecule has 0 aliphatic heterocycles. The van der Waals surface area contributed by atoms with Gasteiger partial charge in [-0.1, -0.05) is 0 Å². The molecule has 1 aromatic rings. The molecular formula is C9H12O3. The van der Waals surface area contributed by atoms with Crippen LogP contribution in [0, 0.1) is 0 Å². The second kappa shape index (κ2) is 6.22. The Labute approximate surface area is 71.9 Å². The molecule has 3 nitrogen and oxygen atoms in total. The molecule has 0 N–H and O–H groups in total. The Morgan fingerprint density at radius 2 is 1.17 bits per heavy atom. The monoisotopic (exact) mass is 168 g/mol. The van der Waals surface area contributed by atoms with Gasteiger partial charge in [0.05, 0.1) is 14.2 Å². The highest BCUT2D eigenvalue weighted by Gasteiger charge is 1.89. The van der Waals surface area contributed by atoms with Gasteiger partial charge in [-0.25, -0.2) is 0 Å². The zero-order valence-corrected chi connectivity index (χ0v) is 7.24. The van der Waals surface area contributed by atoms with E-state index in [0.29, 0.717) is 0 Å². The van der Waals surface area contributed by atoms with Gasteiger partial charge in [0.2, 0.25) is 0 Å². The average Bonchev–Trinajstić information content (AvgIpc) is 2.21. The summed E-state index contributed by atoms with van der Waals surface area (Å²) in [6.45, 7) is 2.00. The van der Waals surface area contributed by atoms with Crippen molar-refractivity contribution in [2.24, 2.45) is 0 Å². The van der Waals surface area contributed by atoms with Crippen LogP contribution in [0.25, 0.3) is 0 Å². The summed E-state index contributed by atoms with van der Waals surface area (Å²) in [4.78, 5) is 8.00. The van der Waals surface area contributed by atoms with Gasteiger partial charge >= 0.3 is 0 Å². The molecule has 0 radical (unpaired) electrons. The van der Waals surface area contributed by atoms with Crippen LogP contribution in [-0.2, 0) is 4.79 Å². The summed E-state index contributed by atoms with van der Waals surface area (Å²) in [7, 11) is 3.28. The Morgan fingerprint density at radius 3 is 1.33 bits per heavy atom. The normalized spacial score (nSPS) is 7.83. The fraction of sp³-hybridized carbons (Fsp3) is 0.222. The van der Waals surface area contributed by atoms with Crippen molar-refractivity contribution >= 4 is 6.79 Å². The number of benzene rings is 1. The minimum Gasteiger partial charge on any atom is -0.497 e. The first-order valence-electron chi connectivity index (χ1n) is 3.33. The summed E-state index contributed by atoms with van der Waals surface area (Å²) >= 11 is 0. The number of carbonyl (C=O) groups is 1. The molecular weight excluding hydrogens is 156 g/mol. The van der Waals surface area contributed by atoms with E-state index in [1.54, 1.807) is 14.2 Å². The Morgan fingerprint density at radius 1 is 0.917 bits per heavy atom. The highest BCUT2D eigenvalue weighted by molar-refractivity contribution is 5.30. The highest BCUT2D eigenvalue weighted by Crippen LogP contribution is 2.15. The third-order valence-electron chi connectivity index (χ3n) is 1.30. The van der Waals surface area contributed by atoms with E-state index >= 15 is 0 Å². The van der Waals surface area contributed by atoms with E-state index in [2.05, 4.69) is 0 Å². The van der Waals surface area contributed by atoms with E-state index in [-0.39, 0.29) is 0 Å². The number of hydrogen-bond acceptors (Lipinski definition) is 3. The molecule has 0 atom stereocenters. The van der Waals surface area contributed by atoms with Crippen LogP contribution in [0.15, 0.2) is 24.3 Å². The molecule has 0 aromatic heterocycles. The summed E-state index contributed by atoms with van der Waals surface area (Å²) in [5.41, 5.74) is 0. The van der Waals surface area contributed by atoms with E-state index < -0.39 is 0 Å². The summed E-state index contributed by atoms with van der Waals surface area (Å²) in [5, 5.41) is 0. The molecule has 3 heteroatoms. The number of ether oxygens (including phenoxy) is 2. The van der Waals surface area contributed by atoms with Gasteiger partial charge in [-0.05, 0) is 24.3 Å². The average molecular weight is 168 g/mol. The molecule has 66 valence electrons. The van der Waals surface area contributed by atoms with Crippen LogP contribution in [0.1, 0.15) is 0 Å². The van der Waals surface area contributed by atoms with E-state index in [9.17, 15) is 0 Å². The molecule has 1 rings (SSSR count). The minimum absolute atomic E-state index is 0.848. The standard InChI is InChI=1S/C8H10O2.CH2O/c1-9-7-3-5-8(10-2)6-4-7;1-2/h3-6H,1-2H3;1H2. The quantitative estimate of drug-likeness (QED) is 0.671. The maximum absolute atomic E-state index is 8.00. The van der Waals surface area contributed by atoms with Gasteiger partial charge in [-0.3, -0.25) is 0 Å². The maximum atomic E-state index is 8.00. The largest absolute Gasteiger partial charge is 0.497 e. The van der Waals surface area contributed by atoms with Gasteiger partial charge in [0.15, 0.2) is 0 Å². The summed E-state index contributed by atoms with van der Waals surface area (Å²) in [6.07, 6.45) is 0. The van der Waals surface area contributed by atoms with Crippen LogP contribution >= 0.6 is 0 Å². The predicted octanol–water partition coefficient (Wildman–Crippen LogP) is 1.52. The zero-order chi connectivity index (χ0) is 9.40. The molecule has 0 aliphatic carbocycles. The second-order valence-electron chi connectivity index (χ2n) is 1.88. The lowest BCUT2D eigenvalue weighted by molar-refractivity contribution is -0.0979. The predicted molar refractivity (Wildman–Crippen MR) is 46.7 cm³/mol. The molecule has 12 heavy (non-hydrogen) atoms. The van der Waals surface area contributed by atoms with Crippen molar-refractivity contribution in [3.8, 4) is 11.5 Å². The summed E-state index contributed by atoms with van der Waals surface area (Å²) in [5.74, 6) is 1.70. The lowest BCUT2D eigenvalue weighted by Crippen LogP contribution is -1.83. The Bertz CT molecular complexity index is 183. The zero-order valence-electron chi connectivity index (χ0n) is 7.24. The molecule has 1 aromatic carbocycles. The highest BCUT2D eigenvalue weighted by atomic mass is 16.5. The fourth-order valence-electron chi connectivity index (χ4n) is 0.712. The Hall–Kier alpha value is -1.51. The Balaban J connectivity index is 0.000000561. The number of hydrogen-bond donors (Lipinski definition) is 0. The van der Waals surface area contributed by atoms with Crippen LogP contribution in [-0.4, -0.2) is 21.0 Å².